The van der Waals surface area contributed by atoms with Gasteiger partial charge < -0.3 is 14.5 Å². The minimum absolute atomic E-state index is 0.117. The molecule has 2 unspecified atom stereocenters. The molecule has 2 aromatic rings. The van der Waals surface area contributed by atoms with Crippen molar-refractivity contribution in [3.05, 3.63) is 71.7 Å². The molecule has 0 saturated carbocycles. The molecule has 0 bridgehead atoms. The van der Waals surface area contributed by atoms with Crippen LogP contribution >= 0.6 is 11.8 Å². The normalized spacial score (nSPS) is 19.9. The molecule has 9 heteroatoms. The quantitative estimate of drug-likeness (QED) is 0.458. The molecule has 2 aliphatic heterocycles. The van der Waals surface area contributed by atoms with Crippen LogP contribution in [0.15, 0.2) is 65.4 Å². The average Bonchev–Trinajstić information content (AvgIpc) is 3.22. The Morgan fingerprint density at radius 3 is 2.76 bits per heavy atom. The number of hydrogen-bond acceptors (Lipinski definition) is 9. The van der Waals surface area contributed by atoms with E-state index in [1.807, 2.05) is 38.3 Å². The molecule has 0 aromatic carbocycles. The van der Waals surface area contributed by atoms with Gasteiger partial charge in [0.2, 0.25) is 0 Å². The maximum absolute atomic E-state index is 10.00. The van der Waals surface area contributed by atoms with Crippen molar-refractivity contribution in [1.82, 2.24) is 24.8 Å². The first-order chi connectivity index (χ1) is 18.0. The summed E-state index contributed by atoms with van der Waals surface area (Å²) in [6, 6.07) is 8.53. The van der Waals surface area contributed by atoms with Crippen molar-refractivity contribution in [1.29, 1.82) is 5.26 Å². The van der Waals surface area contributed by atoms with Crippen LogP contribution in [0.1, 0.15) is 24.2 Å². The number of nitriles is 1. The second kappa shape index (κ2) is 12.9. The molecule has 0 amide bonds. The van der Waals surface area contributed by atoms with Gasteiger partial charge in [0.05, 0.1) is 17.5 Å². The molecule has 0 N–H and O–H groups in total. The lowest BCUT2D eigenvalue weighted by Crippen LogP contribution is -2.44. The number of thioether (sulfide) groups is 1. The van der Waals surface area contributed by atoms with Crippen LogP contribution in [0.25, 0.3) is 0 Å². The Hall–Kier alpha value is -3.19. The fourth-order valence-corrected chi connectivity index (χ4v) is 5.68. The Labute approximate surface area is 224 Å². The maximum atomic E-state index is 10.00. The highest BCUT2D eigenvalue weighted by Crippen LogP contribution is 2.46. The minimum atomic E-state index is -0.451. The van der Waals surface area contributed by atoms with E-state index in [-0.39, 0.29) is 11.4 Å². The van der Waals surface area contributed by atoms with Crippen molar-refractivity contribution in [2.24, 2.45) is 0 Å². The number of piperazine rings is 1. The van der Waals surface area contributed by atoms with Crippen molar-refractivity contribution in [3.63, 3.8) is 0 Å². The van der Waals surface area contributed by atoms with Crippen LogP contribution in [-0.2, 0) is 0 Å². The van der Waals surface area contributed by atoms with Crippen molar-refractivity contribution in [2.75, 3.05) is 58.3 Å². The number of anilines is 1. The molecule has 0 radical (unpaired) electrons. The van der Waals surface area contributed by atoms with E-state index in [1.165, 1.54) is 5.57 Å². The highest BCUT2D eigenvalue weighted by atomic mass is 32.2. The Bertz CT molecular complexity index is 1200. The summed E-state index contributed by atoms with van der Waals surface area (Å²) in [5.41, 5.74) is 3.95. The van der Waals surface area contributed by atoms with Crippen molar-refractivity contribution in [2.45, 2.75) is 30.2 Å². The first kappa shape index (κ1) is 26.9. The molecular weight excluding hydrogens is 482 g/mol. The number of allylic oxidation sites excluding steroid dienone is 3. The fourth-order valence-electron chi connectivity index (χ4n) is 4.32. The van der Waals surface area contributed by atoms with Crippen LogP contribution in [-0.4, -0.2) is 83.6 Å². The zero-order valence-electron chi connectivity index (χ0n) is 22.0. The summed E-state index contributed by atoms with van der Waals surface area (Å²) in [6.07, 6.45) is 11.9. The molecule has 2 atom stereocenters. The van der Waals surface area contributed by atoms with Crippen molar-refractivity contribution >= 4 is 17.4 Å². The van der Waals surface area contributed by atoms with Crippen molar-refractivity contribution < 1.29 is 4.74 Å². The predicted octanol–water partition coefficient (Wildman–Crippen LogP) is 4.04. The SMILES string of the molecule is CC=C(C=CC=CCOc1nccc(C(C#N)C2Sc3nc(C)ccc3N2C)n1)CN1CCN(C)CC1. The summed E-state index contributed by atoms with van der Waals surface area (Å²) < 4.78 is 5.76. The molecule has 37 heavy (non-hydrogen) atoms. The van der Waals surface area contributed by atoms with Crippen LogP contribution in [0.2, 0.25) is 0 Å². The summed E-state index contributed by atoms with van der Waals surface area (Å²) in [7, 11) is 4.17. The lowest BCUT2D eigenvalue weighted by atomic mass is 10.1. The maximum Gasteiger partial charge on any atom is 0.316 e. The fraction of sp³-hybridized carbons (Fsp3) is 0.429. The van der Waals surface area contributed by atoms with E-state index in [9.17, 15) is 5.26 Å². The van der Waals surface area contributed by atoms with Gasteiger partial charge >= 0.3 is 6.01 Å². The van der Waals surface area contributed by atoms with Gasteiger partial charge in [-0.1, -0.05) is 36.1 Å². The minimum Gasteiger partial charge on any atom is -0.459 e. The van der Waals surface area contributed by atoms with Crippen LogP contribution in [0.3, 0.4) is 0 Å². The molecule has 1 fully saturated rings. The molecule has 4 heterocycles. The van der Waals surface area contributed by atoms with Gasteiger partial charge in [-0.05, 0) is 50.7 Å². The van der Waals surface area contributed by atoms with Gasteiger partial charge in [0, 0.05) is 51.7 Å². The topological polar surface area (TPSA) is 81.4 Å². The number of pyridine rings is 1. The van der Waals surface area contributed by atoms with Crippen LogP contribution in [0.5, 0.6) is 6.01 Å². The van der Waals surface area contributed by atoms with Gasteiger partial charge in [-0.2, -0.15) is 10.2 Å². The second-order valence-electron chi connectivity index (χ2n) is 9.31. The number of likely N-dealkylation sites (N-methyl/N-ethyl adjacent to an activating group) is 2. The lowest BCUT2D eigenvalue weighted by Gasteiger charge is -2.32. The molecule has 0 aliphatic carbocycles. The number of aryl methyl sites for hydroxylation is 1. The predicted molar refractivity (Wildman–Crippen MR) is 149 cm³/mol. The number of fused-ring (bicyclic) bond motifs is 1. The average molecular weight is 518 g/mol. The Morgan fingerprint density at radius 2 is 2.00 bits per heavy atom. The van der Waals surface area contributed by atoms with E-state index < -0.39 is 5.92 Å². The summed E-state index contributed by atoms with van der Waals surface area (Å²) in [5.74, 6) is -0.451. The molecule has 0 spiro atoms. The summed E-state index contributed by atoms with van der Waals surface area (Å²) in [6.45, 7) is 9.84. The highest BCUT2D eigenvalue weighted by molar-refractivity contribution is 8.00. The Kier molecular flexibility index (Phi) is 9.34. The number of rotatable bonds is 9. The second-order valence-corrected chi connectivity index (χ2v) is 10.4. The zero-order chi connectivity index (χ0) is 26.2. The van der Waals surface area contributed by atoms with E-state index >= 15 is 0 Å². The van der Waals surface area contributed by atoms with E-state index in [4.69, 9.17) is 4.74 Å². The summed E-state index contributed by atoms with van der Waals surface area (Å²) >= 11 is 1.60. The van der Waals surface area contributed by atoms with Gasteiger partial charge in [-0.3, -0.25) is 4.90 Å². The summed E-state index contributed by atoms with van der Waals surface area (Å²) in [4.78, 5) is 20.4. The van der Waals surface area contributed by atoms with Gasteiger partial charge in [0.15, 0.2) is 0 Å². The van der Waals surface area contributed by atoms with Gasteiger partial charge in [-0.25, -0.2) is 9.97 Å². The Morgan fingerprint density at radius 1 is 1.19 bits per heavy atom. The standard InChI is InChI=1S/C28H35N7OS/c1-5-22(20-35-16-14-33(3)15-17-35)9-7-6-8-18-36-28-30-13-12-24(32-28)23(19-29)27-34(4)25-11-10-21(2)31-26(25)37-27/h5-13,23,27H,14-18,20H2,1-4H3. The van der Waals surface area contributed by atoms with Crippen LogP contribution in [0.4, 0.5) is 5.69 Å². The number of aromatic nitrogens is 3. The largest absolute Gasteiger partial charge is 0.459 e. The molecule has 2 aromatic heterocycles. The molecule has 4 rings (SSSR count). The van der Waals surface area contributed by atoms with Crippen LogP contribution in [0, 0.1) is 18.3 Å². The van der Waals surface area contributed by atoms with Crippen molar-refractivity contribution in [3.8, 4) is 12.1 Å². The highest BCUT2D eigenvalue weighted by Gasteiger charge is 2.36. The third-order valence-electron chi connectivity index (χ3n) is 6.61. The van der Waals surface area contributed by atoms with Gasteiger partial charge in [0.1, 0.15) is 22.9 Å². The molecule has 8 nitrogen and oxygen atoms in total. The first-order valence-electron chi connectivity index (χ1n) is 12.6. The van der Waals surface area contributed by atoms with Gasteiger partial charge in [-0.15, -0.1) is 0 Å². The lowest BCUT2D eigenvalue weighted by molar-refractivity contribution is 0.164. The molecule has 2 aliphatic rings. The Balaban J connectivity index is 1.30. The molecule has 1 saturated heterocycles. The zero-order valence-corrected chi connectivity index (χ0v) is 22.9. The number of nitrogens with zero attached hydrogens (tertiary/aromatic N) is 7. The third kappa shape index (κ3) is 6.98. The third-order valence-corrected chi connectivity index (χ3v) is 7.96. The van der Waals surface area contributed by atoms with Gasteiger partial charge in [0.25, 0.3) is 0 Å². The number of hydrogen-bond donors (Lipinski definition) is 0. The van der Waals surface area contributed by atoms with E-state index in [2.05, 4.69) is 67.9 Å². The smallest absolute Gasteiger partial charge is 0.316 e. The van der Waals surface area contributed by atoms with E-state index in [0.29, 0.717) is 12.3 Å². The monoisotopic (exact) mass is 517 g/mol. The first-order valence-corrected chi connectivity index (χ1v) is 13.5. The van der Waals surface area contributed by atoms with Crippen LogP contribution < -0.4 is 9.64 Å². The summed E-state index contributed by atoms with van der Waals surface area (Å²) in [5, 5.41) is 10.8. The van der Waals surface area contributed by atoms with E-state index in [1.54, 1.807) is 24.0 Å². The number of ether oxygens (including phenoxy) is 1. The molecular formula is C28H35N7OS. The molecule has 194 valence electrons. The van der Waals surface area contributed by atoms with E-state index in [0.717, 1.165) is 49.1 Å².